The molecule has 1 saturated heterocycles. The topological polar surface area (TPSA) is 128 Å². The molecule has 1 fully saturated rings. The van der Waals surface area contributed by atoms with Gasteiger partial charge in [0.25, 0.3) is 0 Å². The van der Waals surface area contributed by atoms with E-state index < -0.39 is 39.7 Å². The highest BCUT2D eigenvalue weighted by Gasteiger charge is 2.31. The van der Waals surface area contributed by atoms with E-state index in [1.807, 2.05) is 0 Å². The number of carbonyl (C=O) groups is 1. The third kappa shape index (κ3) is 2.60. The highest BCUT2D eigenvalue weighted by atomic mass is 19.1. The smallest absolute Gasteiger partial charge is 0.343 e. The number of aromatic amines is 1. The van der Waals surface area contributed by atoms with Gasteiger partial charge in [-0.15, -0.1) is 0 Å². The lowest BCUT2D eigenvalue weighted by atomic mass is 10.1. The summed E-state index contributed by atoms with van der Waals surface area (Å²) in [6, 6.07) is 6.73. The van der Waals surface area contributed by atoms with E-state index in [2.05, 4.69) is 15.7 Å². The number of nitrogens with zero attached hydrogens (tertiary/aromatic N) is 2. The third-order valence-electron chi connectivity index (χ3n) is 5.66. The molecule has 0 atom stereocenters. The van der Waals surface area contributed by atoms with E-state index in [-0.39, 0.29) is 16.9 Å². The predicted octanol–water partition coefficient (Wildman–Crippen LogP) is 1.61. The molecule has 2 aromatic heterocycles. The Labute approximate surface area is 173 Å². The maximum atomic E-state index is 16.0. The number of aromatic carboxylic acids is 1. The molecule has 31 heavy (non-hydrogen) atoms. The summed E-state index contributed by atoms with van der Waals surface area (Å²) in [7, 11) is 0. The van der Waals surface area contributed by atoms with Gasteiger partial charge in [-0.3, -0.25) is 15.0 Å². The minimum atomic E-state index is -1.52. The number of hydrogen-bond acceptors (Lipinski definition) is 6. The number of piperazine rings is 1. The van der Waals surface area contributed by atoms with Gasteiger partial charge in [0.05, 0.1) is 21.9 Å². The van der Waals surface area contributed by atoms with Gasteiger partial charge in [-0.1, -0.05) is 12.1 Å². The summed E-state index contributed by atoms with van der Waals surface area (Å²) in [5, 5.41) is 12.4. The second-order valence-corrected chi connectivity index (χ2v) is 7.29. The molecule has 11 heteroatoms. The number of anilines is 2. The predicted molar refractivity (Wildman–Crippen MR) is 113 cm³/mol. The second kappa shape index (κ2) is 6.93. The zero-order chi connectivity index (χ0) is 21.9. The van der Waals surface area contributed by atoms with Crippen LogP contribution in [-0.4, -0.2) is 46.6 Å². The fourth-order valence-electron chi connectivity index (χ4n) is 4.31. The summed E-state index contributed by atoms with van der Waals surface area (Å²) < 4.78 is 32.7. The normalized spacial score (nSPS) is 14.6. The summed E-state index contributed by atoms with van der Waals surface area (Å²) in [4.78, 5) is 29.5. The van der Waals surface area contributed by atoms with Crippen LogP contribution in [0.3, 0.4) is 0 Å². The van der Waals surface area contributed by atoms with Gasteiger partial charge >= 0.3 is 5.97 Å². The number of fused-ring (bicyclic) bond motifs is 5. The molecule has 5 rings (SSSR count). The first-order valence-corrected chi connectivity index (χ1v) is 9.61. The van der Waals surface area contributed by atoms with E-state index in [0.29, 0.717) is 37.2 Å². The largest absolute Gasteiger partial charge is 0.477 e. The van der Waals surface area contributed by atoms with Gasteiger partial charge in [0, 0.05) is 26.2 Å². The molecule has 0 amide bonds. The molecule has 0 aliphatic carbocycles. The fourth-order valence-corrected chi connectivity index (χ4v) is 4.31. The van der Waals surface area contributed by atoms with E-state index >= 15 is 8.78 Å². The number of halogens is 2. The summed E-state index contributed by atoms with van der Waals surface area (Å²) in [5.41, 5.74) is 0.317. The first-order chi connectivity index (χ1) is 15.0. The lowest BCUT2D eigenvalue weighted by molar-refractivity contribution is 0.0697. The van der Waals surface area contributed by atoms with Crippen molar-refractivity contribution in [3.8, 4) is 0 Å². The number of hydrazine groups is 1. The van der Waals surface area contributed by atoms with Crippen LogP contribution < -0.4 is 26.9 Å². The monoisotopic (exact) mass is 428 g/mol. The van der Waals surface area contributed by atoms with Crippen molar-refractivity contribution < 1.29 is 18.7 Å². The quantitative estimate of drug-likeness (QED) is 0.248. The summed E-state index contributed by atoms with van der Waals surface area (Å²) in [6.45, 7) is 1.76. The van der Waals surface area contributed by atoms with Crippen molar-refractivity contribution >= 4 is 44.9 Å². The number of nitrogen functional groups attached to an aromatic ring is 1. The van der Waals surface area contributed by atoms with E-state index in [0.717, 1.165) is 0 Å². The molecule has 160 valence electrons. The number of rotatable bonds is 3. The Hall–Kier alpha value is -3.70. The number of hydrogen-bond donors (Lipinski definition) is 5. The molecule has 4 aromatic rings. The molecule has 0 unspecified atom stereocenters. The van der Waals surface area contributed by atoms with Gasteiger partial charge in [0.2, 0.25) is 5.43 Å². The molecule has 0 spiro atoms. The van der Waals surface area contributed by atoms with Crippen molar-refractivity contribution in [1.29, 1.82) is 0 Å². The van der Waals surface area contributed by atoms with Crippen molar-refractivity contribution in [2.45, 2.75) is 0 Å². The van der Waals surface area contributed by atoms with Crippen LogP contribution in [0.15, 0.2) is 29.1 Å². The van der Waals surface area contributed by atoms with Crippen LogP contribution in [0, 0.1) is 11.6 Å². The Balaban J connectivity index is 2.07. The third-order valence-corrected chi connectivity index (χ3v) is 5.66. The summed E-state index contributed by atoms with van der Waals surface area (Å²) in [6.07, 6.45) is 0. The number of benzene rings is 2. The number of pyridine rings is 1. The lowest BCUT2D eigenvalue weighted by Gasteiger charge is -2.31. The van der Waals surface area contributed by atoms with E-state index in [4.69, 9.17) is 5.84 Å². The number of carboxylic acids is 1. The Morgan fingerprint density at radius 1 is 1.16 bits per heavy atom. The zero-order valence-corrected chi connectivity index (χ0v) is 16.1. The number of nitrogens with two attached hydrogens (primary N) is 1. The average molecular weight is 428 g/mol. The average Bonchev–Trinajstić information content (AvgIpc) is 3.13. The molecule has 6 N–H and O–H groups in total. The van der Waals surface area contributed by atoms with Gasteiger partial charge in [-0.2, -0.15) is 0 Å². The highest BCUT2D eigenvalue weighted by molar-refractivity contribution is 6.07. The van der Waals surface area contributed by atoms with Gasteiger partial charge < -0.3 is 25.7 Å². The van der Waals surface area contributed by atoms with Gasteiger partial charge in [0.1, 0.15) is 22.6 Å². The van der Waals surface area contributed by atoms with Gasteiger partial charge in [0.15, 0.2) is 11.6 Å². The van der Waals surface area contributed by atoms with E-state index in [1.54, 1.807) is 24.3 Å². The molecule has 2 aromatic carbocycles. The first kappa shape index (κ1) is 19.3. The second-order valence-electron chi connectivity index (χ2n) is 7.29. The molecule has 3 heterocycles. The highest BCUT2D eigenvalue weighted by Crippen LogP contribution is 2.38. The summed E-state index contributed by atoms with van der Waals surface area (Å²) >= 11 is 0. The number of aromatic nitrogens is 2. The van der Waals surface area contributed by atoms with E-state index in [9.17, 15) is 14.7 Å². The van der Waals surface area contributed by atoms with Crippen LogP contribution in [-0.2, 0) is 0 Å². The SMILES string of the molecule is NNc1c(F)c(N2CCNCC2)c(F)c2c1c(=O)c(C(=O)O)c1[nH]c3ccccc3n12. The Morgan fingerprint density at radius 2 is 1.87 bits per heavy atom. The minimum Gasteiger partial charge on any atom is -0.477 e. The maximum Gasteiger partial charge on any atom is 0.343 e. The van der Waals surface area contributed by atoms with Crippen LogP contribution >= 0.6 is 0 Å². The zero-order valence-electron chi connectivity index (χ0n) is 16.1. The van der Waals surface area contributed by atoms with Gasteiger partial charge in [-0.05, 0) is 12.1 Å². The van der Waals surface area contributed by atoms with Crippen molar-refractivity contribution in [1.82, 2.24) is 14.7 Å². The lowest BCUT2D eigenvalue weighted by Crippen LogP contribution is -2.44. The van der Waals surface area contributed by atoms with Crippen molar-refractivity contribution in [2.24, 2.45) is 5.84 Å². The molecule has 0 radical (unpaired) electrons. The number of nitrogens with one attached hydrogen (secondary N) is 3. The first-order valence-electron chi connectivity index (χ1n) is 9.61. The standard InChI is InChI=1S/C20H18F2N6O3/c21-13-15(26-23)11-16(14(22)17(13)27-7-5-24-6-8-27)28-10-4-2-1-3-9(10)25-19(28)12(18(11)29)20(30)31/h1-4,24-26H,5-8,23H2,(H,30,31). The fraction of sp³-hybridized carbons (Fsp3) is 0.200. The Morgan fingerprint density at radius 3 is 2.55 bits per heavy atom. The van der Waals surface area contributed by atoms with Crippen molar-refractivity contribution in [2.75, 3.05) is 36.5 Å². The van der Waals surface area contributed by atoms with Crippen LogP contribution in [0.2, 0.25) is 0 Å². The molecule has 1 aliphatic rings. The Kier molecular flexibility index (Phi) is 4.31. The van der Waals surface area contributed by atoms with Crippen molar-refractivity contribution in [3.63, 3.8) is 0 Å². The van der Waals surface area contributed by atoms with Crippen LogP contribution in [0.25, 0.3) is 27.6 Å². The maximum absolute atomic E-state index is 16.0. The number of carboxylic acid groups (broad SMARTS) is 1. The molecular weight excluding hydrogens is 410 g/mol. The molecule has 1 aliphatic heterocycles. The van der Waals surface area contributed by atoms with Crippen molar-refractivity contribution in [3.05, 3.63) is 51.7 Å². The molecule has 0 saturated carbocycles. The van der Waals surface area contributed by atoms with Gasteiger partial charge in [-0.25, -0.2) is 13.6 Å². The molecule has 9 nitrogen and oxygen atoms in total. The number of H-pyrrole nitrogens is 1. The minimum absolute atomic E-state index is 0.0917. The van der Waals surface area contributed by atoms with E-state index in [1.165, 1.54) is 9.30 Å². The number of para-hydroxylation sites is 2. The Bertz CT molecular complexity index is 1440. The van der Waals surface area contributed by atoms with Crippen LogP contribution in [0.5, 0.6) is 0 Å². The summed E-state index contributed by atoms with van der Waals surface area (Å²) in [5.74, 6) is 2.03. The van der Waals surface area contributed by atoms with Crippen LogP contribution in [0.4, 0.5) is 20.2 Å². The van der Waals surface area contributed by atoms with Crippen LogP contribution in [0.1, 0.15) is 10.4 Å². The number of imidazole rings is 1. The molecular formula is C20H18F2N6O3. The molecule has 0 bridgehead atoms.